The topological polar surface area (TPSA) is 78.9 Å². The smallest absolute Gasteiger partial charge is 0.222 e. The van der Waals surface area contributed by atoms with E-state index in [0.29, 0.717) is 17.5 Å². The van der Waals surface area contributed by atoms with Crippen LogP contribution >= 0.6 is 0 Å². The summed E-state index contributed by atoms with van der Waals surface area (Å²) in [6, 6.07) is 5.74. The lowest BCUT2D eigenvalue weighted by molar-refractivity contribution is 0.461. The first-order valence-electron chi connectivity index (χ1n) is 6.17. The second kappa shape index (κ2) is 5.20. The molecule has 0 aliphatic rings. The second-order valence-electron chi connectivity index (χ2n) is 4.41. The molecule has 1 aromatic carbocycles. The number of aromatic nitrogens is 4. The number of rotatable bonds is 3. The third kappa shape index (κ3) is 2.81. The molecular weight excluding hydrogens is 273 g/mol. The Bertz CT molecular complexity index is 787. The molecule has 0 aliphatic carbocycles. The van der Waals surface area contributed by atoms with Gasteiger partial charge in [-0.2, -0.15) is 10.1 Å². The molecule has 0 saturated carbocycles. The maximum absolute atomic E-state index is 13.1. The Kier molecular flexibility index (Phi) is 3.23. The van der Waals surface area contributed by atoms with E-state index < -0.39 is 5.82 Å². The Morgan fingerprint density at radius 3 is 2.86 bits per heavy atom. The van der Waals surface area contributed by atoms with E-state index in [-0.39, 0.29) is 5.69 Å². The van der Waals surface area contributed by atoms with Crippen molar-refractivity contribution < 1.29 is 9.13 Å². The number of anilines is 1. The lowest BCUT2D eigenvalue weighted by Crippen LogP contribution is -1.95. The molecule has 0 radical (unpaired) electrons. The van der Waals surface area contributed by atoms with Gasteiger partial charge in [-0.3, -0.25) is 4.68 Å². The highest BCUT2D eigenvalue weighted by Crippen LogP contribution is 2.24. The van der Waals surface area contributed by atoms with Crippen LogP contribution in [-0.4, -0.2) is 19.7 Å². The van der Waals surface area contributed by atoms with Gasteiger partial charge in [-0.05, 0) is 12.1 Å². The van der Waals surface area contributed by atoms with E-state index in [9.17, 15) is 4.39 Å². The van der Waals surface area contributed by atoms with Gasteiger partial charge in [0.1, 0.15) is 11.6 Å². The van der Waals surface area contributed by atoms with E-state index >= 15 is 0 Å². The van der Waals surface area contributed by atoms with Gasteiger partial charge in [0.25, 0.3) is 0 Å². The lowest BCUT2D eigenvalue weighted by atomic mass is 10.3. The molecule has 0 amide bonds. The van der Waals surface area contributed by atoms with Crippen LogP contribution < -0.4 is 10.5 Å². The Labute approximate surface area is 120 Å². The number of hydrogen-bond acceptors (Lipinski definition) is 5. The summed E-state index contributed by atoms with van der Waals surface area (Å²) in [4.78, 5) is 8.45. The number of nitrogen functional groups attached to an aromatic ring is 1. The first-order chi connectivity index (χ1) is 10.1. The van der Waals surface area contributed by atoms with Gasteiger partial charge in [0.15, 0.2) is 5.82 Å². The van der Waals surface area contributed by atoms with Crippen LogP contribution in [0.4, 0.5) is 10.1 Å². The Morgan fingerprint density at radius 2 is 2.14 bits per heavy atom. The zero-order chi connectivity index (χ0) is 14.8. The minimum absolute atomic E-state index is 0.0223. The second-order valence-corrected chi connectivity index (χ2v) is 4.41. The van der Waals surface area contributed by atoms with Crippen LogP contribution in [0.1, 0.15) is 0 Å². The van der Waals surface area contributed by atoms with Crippen LogP contribution in [0.15, 0.2) is 42.9 Å². The summed E-state index contributed by atoms with van der Waals surface area (Å²) in [6.45, 7) is 0. The predicted octanol–water partition coefficient (Wildman–Crippen LogP) is 2.39. The lowest BCUT2D eigenvalue weighted by Gasteiger charge is -2.06. The Balaban J connectivity index is 1.87. The van der Waals surface area contributed by atoms with E-state index in [2.05, 4.69) is 15.1 Å². The fourth-order valence-corrected chi connectivity index (χ4v) is 1.78. The molecule has 2 aromatic heterocycles. The molecule has 21 heavy (non-hydrogen) atoms. The molecule has 0 aliphatic heterocycles. The highest BCUT2D eigenvalue weighted by molar-refractivity contribution is 5.52. The number of halogens is 1. The minimum Gasteiger partial charge on any atom is -0.439 e. The molecule has 2 N–H and O–H groups in total. The average Bonchev–Trinajstić information content (AvgIpc) is 2.90. The largest absolute Gasteiger partial charge is 0.439 e. The Hall–Kier alpha value is -2.96. The van der Waals surface area contributed by atoms with Crippen LogP contribution in [0.5, 0.6) is 11.6 Å². The zero-order valence-electron chi connectivity index (χ0n) is 11.2. The van der Waals surface area contributed by atoms with Crippen LogP contribution in [0.2, 0.25) is 0 Å². The monoisotopic (exact) mass is 285 g/mol. The highest BCUT2D eigenvalue weighted by atomic mass is 19.1. The number of nitrogens with zero attached hydrogens (tertiary/aromatic N) is 4. The number of hydrogen-bond donors (Lipinski definition) is 1. The standard InChI is InChI=1S/C14H12FN5O/c1-20-8-9(7-18-20)14-17-5-4-13(19-14)21-10-2-3-11(15)12(16)6-10/h2-8H,16H2,1H3. The first-order valence-corrected chi connectivity index (χ1v) is 6.17. The minimum atomic E-state index is -0.485. The maximum Gasteiger partial charge on any atom is 0.222 e. The molecule has 0 saturated heterocycles. The molecule has 6 nitrogen and oxygen atoms in total. The summed E-state index contributed by atoms with van der Waals surface area (Å²) in [6.07, 6.45) is 5.04. The highest BCUT2D eigenvalue weighted by Gasteiger charge is 2.07. The zero-order valence-corrected chi connectivity index (χ0v) is 11.2. The van der Waals surface area contributed by atoms with Gasteiger partial charge in [-0.1, -0.05) is 0 Å². The van der Waals surface area contributed by atoms with Gasteiger partial charge in [0, 0.05) is 31.6 Å². The summed E-state index contributed by atoms with van der Waals surface area (Å²) < 4.78 is 20.3. The molecular formula is C14H12FN5O. The quantitative estimate of drug-likeness (QED) is 0.747. The van der Waals surface area contributed by atoms with Gasteiger partial charge in [0.2, 0.25) is 5.88 Å². The first kappa shape index (κ1) is 13.0. The molecule has 3 aromatic rings. The maximum atomic E-state index is 13.1. The average molecular weight is 285 g/mol. The molecule has 106 valence electrons. The van der Waals surface area contributed by atoms with Crippen LogP contribution in [0.25, 0.3) is 11.4 Å². The van der Waals surface area contributed by atoms with Crippen molar-refractivity contribution in [3.8, 4) is 23.0 Å². The van der Waals surface area contributed by atoms with E-state index in [1.165, 1.54) is 18.2 Å². The molecule has 0 spiro atoms. The van der Waals surface area contributed by atoms with E-state index in [1.54, 1.807) is 29.3 Å². The molecule has 0 fully saturated rings. The van der Waals surface area contributed by atoms with E-state index in [1.807, 2.05) is 7.05 Å². The van der Waals surface area contributed by atoms with Crippen molar-refractivity contribution in [1.29, 1.82) is 0 Å². The van der Waals surface area contributed by atoms with E-state index in [0.717, 1.165) is 5.56 Å². The number of aryl methyl sites for hydroxylation is 1. The van der Waals surface area contributed by atoms with Gasteiger partial charge in [-0.25, -0.2) is 9.37 Å². The van der Waals surface area contributed by atoms with Crippen molar-refractivity contribution in [3.05, 3.63) is 48.7 Å². The molecule has 3 rings (SSSR count). The van der Waals surface area contributed by atoms with Gasteiger partial charge >= 0.3 is 0 Å². The van der Waals surface area contributed by atoms with Gasteiger partial charge in [0.05, 0.1) is 17.4 Å². The van der Waals surface area contributed by atoms with Gasteiger partial charge < -0.3 is 10.5 Å². The summed E-state index contributed by atoms with van der Waals surface area (Å²) in [5.41, 5.74) is 6.30. The van der Waals surface area contributed by atoms with Crippen LogP contribution in [0, 0.1) is 5.82 Å². The normalized spacial score (nSPS) is 10.6. The molecule has 0 bridgehead atoms. The molecule has 0 atom stereocenters. The number of ether oxygens (including phenoxy) is 1. The van der Waals surface area contributed by atoms with Crippen molar-refractivity contribution in [3.63, 3.8) is 0 Å². The van der Waals surface area contributed by atoms with Crippen molar-refractivity contribution in [1.82, 2.24) is 19.7 Å². The van der Waals surface area contributed by atoms with Crippen molar-refractivity contribution in [2.45, 2.75) is 0 Å². The fourth-order valence-electron chi connectivity index (χ4n) is 1.78. The van der Waals surface area contributed by atoms with E-state index in [4.69, 9.17) is 10.5 Å². The number of nitrogens with two attached hydrogens (primary N) is 1. The van der Waals surface area contributed by atoms with Crippen molar-refractivity contribution in [2.24, 2.45) is 7.05 Å². The molecule has 7 heteroatoms. The van der Waals surface area contributed by atoms with Crippen molar-refractivity contribution in [2.75, 3.05) is 5.73 Å². The SMILES string of the molecule is Cn1cc(-c2nccc(Oc3ccc(F)c(N)c3)n2)cn1. The Morgan fingerprint density at radius 1 is 1.29 bits per heavy atom. The fraction of sp³-hybridized carbons (Fsp3) is 0.0714. The molecule has 0 unspecified atom stereocenters. The third-order valence-corrected chi connectivity index (χ3v) is 2.78. The summed E-state index contributed by atoms with van der Waals surface area (Å²) in [5, 5.41) is 4.07. The van der Waals surface area contributed by atoms with Gasteiger partial charge in [-0.15, -0.1) is 0 Å². The number of benzene rings is 1. The summed E-state index contributed by atoms with van der Waals surface area (Å²) >= 11 is 0. The van der Waals surface area contributed by atoms with Crippen LogP contribution in [0.3, 0.4) is 0 Å². The summed E-state index contributed by atoms with van der Waals surface area (Å²) in [5.74, 6) is 0.761. The molecule has 2 heterocycles. The van der Waals surface area contributed by atoms with Crippen LogP contribution in [-0.2, 0) is 7.05 Å². The van der Waals surface area contributed by atoms with Crippen molar-refractivity contribution >= 4 is 5.69 Å². The predicted molar refractivity (Wildman–Crippen MR) is 75.1 cm³/mol. The third-order valence-electron chi connectivity index (χ3n) is 2.78. The summed E-state index contributed by atoms with van der Waals surface area (Å²) in [7, 11) is 1.81.